The van der Waals surface area contributed by atoms with Crippen molar-refractivity contribution in [1.29, 1.82) is 0 Å². The molecule has 2 atom stereocenters. The summed E-state index contributed by atoms with van der Waals surface area (Å²) in [4.78, 5) is 0. The molecule has 0 saturated carbocycles. The Bertz CT molecular complexity index is 219. The maximum atomic E-state index is 10.3. The molecule has 2 heteroatoms. The normalized spacial score (nSPS) is 30.5. The molecule has 0 amide bonds. The fourth-order valence-electron chi connectivity index (χ4n) is 2.58. The second kappa shape index (κ2) is 5.95. The summed E-state index contributed by atoms with van der Waals surface area (Å²) in [6.45, 7) is 0. The highest BCUT2D eigenvalue weighted by Crippen LogP contribution is 2.33. The third-order valence-corrected chi connectivity index (χ3v) is 4.97. The molecule has 1 aliphatic carbocycles. The molecule has 15 heavy (non-hydrogen) atoms. The Morgan fingerprint density at radius 3 is 2.87 bits per heavy atom. The molecule has 0 aromatic rings. The fraction of sp³-hybridized carbons (Fsp3) is 0.846. The minimum atomic E-state index is -0.143. The van der Waals surface area contributed by atoms with E-state index in [4.69, 9.17) is 0 Å². The molecule has 86 valence electrons. The number of rotatable bonds is 2. The van der Waals surface area contributed by atoms with Crippen LogP contribution in [0.15, 0.2) is 11.6 Å². The highest BCUT2D eigenvalue weighted by atomic mass is 32.2. The molecule has 1 N–H and O–H groups in total. The quantitative estimate of drug-likeness (QED) is 0.727. The van der Waals surface area contributed by atoms with Crippen LogP contribution in [0.4, 0.5) is 0 Å². The lowest BCUT2D eigenvalue weighted by atomic mass is 9.94. The van der Waals surface area contributed by atoms with E-state index in [1.165, 1.54) is 56.3 Å². The average Bonchev–Trinajstić information content (AvgIpc) is 2.68. The Kier molecular flexibility index (Phi) is 4.58. The molecule has 1 saturated heterocycles. The van der Waals surface area contributed by atoms with E-state index in [1.54, 1.807) is 0 Å². The van der Waals surface area contributed by atoms with E-state index in [2.05, 4.69) is 6.08 Å². The van der Waals surface area contributed by atoms with E-state index in [-0.39, 0.29) is 6.10 Å². The summed E-state index contributed by atoms with van der Waals surface area (Å²) in [5.41, 5.74) is 1.34. The van der Waals surface area contributed by atoms with Crippen molar-refractivity contribution in [3.05, 3.63) is 11.6 Å². The standard InChI is InChI=1S/C13H22OS/c14-13(12-9-6-10-15-12)11-7-4-2-1-3-5-8-11/h7,12-14H,1-6,8-10H2. The van der Waals surface area contributed by atoms with Crippen LogP contribution in [0.2, 0.25) is 0 Å². The van der Waals surface area contributed by atoms with E-state index in [0.717, 1.165) is 6.42 Å². The first-order valence-corrected chi connectivity index (χ1v) is 7.41. The van der Waals surface area contributed by atoms with Crippen molar-refractivity contribution in [2.24, 2.45) is 0 Å². The minimum absolute atomic E-state index is 0.143. The Morgan fingerprint density at radius 1 is 1.20 bits per heavy atom. The zero-order chi connectivity index (χ0) is 10.5. The summed E-state index contributed by atoms with van der Waals surface area (Å²) >= 11 is 1.97. The number of thioether (sulfide) groups is 1. The van der Waals surface area contributed by atoms with Gasteiger partial charge in [-0.3, -0.25) is 0 Å². The van der Waals surface area contributed by atoms with Gasteiger partial charge in [0.05, 0.1) is 6.10 Å². The number of hydrogen-bond acceptors (Lipinski definition) is 2. The van der Waals surface area contributed by atoms with Crippen molar-refractivity contribution >= 4 is 11.8 Å². The summed E-state index contributed by atoms with van der Waals surface area (Å²) in [6, 6.07) is 0. The van der Waals surface area contributed by atoms with Crippen molar-refractivity contribution < 1.29 is 5.11 Å². The van der Waals surface area contributed by atoms with E-state index < -0.39 is 0 Å². The van der Waals surface area contributed by atoms with Crippen molar-refractivity contribution in [1.82, 2.24) is 0 Å². The van der Waals surface area contributed by atoms with Gasteiger partial charge in [0.15, 0.2) is 0 Å². The van der Waals surface area contributed by atoms with Crippen molar-refractivity contribution in [3.8, 4) is 0 Å². The first-order valence-electron chi connectivity index (χ1n) is 6.36. The van der Waals surface area contributed by atoms with Crippen molar-refractivity contribution in [3.63, 3.8) is 0 Å². The summed E-state index contributed by atoms with van der Waals surface area (Å²) in [6.07, 6.45) is 12.3. The molecule has 0 radical (unpaired) electrons. The molecular formula is C13H22OS. The molecule has 1 fully saturated rings. The van der Waals surface area contributed by atoms with Gasteiger partial charge >= 0.3 is 0 Å². The molecule has 2 aliphatic rings. The zero-order valence-electron chi connectivity index (χ0n) is 9.45. The molecule has 0 aromatic carbocycles. The minimum Gasteiger partial charge on any atom is -0.388 e. The van der Waals surface area contributed by atoms with Gasteiger partial charge in [-0.1, -0.05) is 18.9 Å². The van der Waals surface area contributed by atoms with Gasteiger partial charge in [0.1, 0.15) is 0 Å². The monoisotopic (exact) mass is 226 g/mol. The topological polar surface area (TPSA) is 20.2 Å². The van der Waals surface area contributed by atoms with E-state index >= 15 is 0 Å². The van der Waals surface area contributed by atoms with Crippen LogP contribution >= 0.6 is 11.8 Å². The van der Waals surface area contributed by atoms with Gasteiger partial charge in [0.25, 0.3) is 0 Å². The Balaban J connectivity index is 1.93. The third kappa shape index (κ3) is 3.25. The van der Waals surface area contributed by atoms with Crippen LogP contribution in [-0.4, -0.2) is 22.2 Å². The van der Waals surface area contributed by atoms with Gasteiger partial charge in [0, 0.05) is 5.25 Å². The maximum Gasteiger partial charge on any atom is 0.0868 e. The van der Waals surface area contributed by atoms with Gasteiger partial charge in [-0.15, -0.1) is 0 Å². The number of aliphatic hydroxyl groups excluding tert-OH is 1. The second-order valence-corrected chi connectivity index (χ2v) is 6.08. The van der Waals surface area contributed by atoms with E-state index in [1.807, 2.05) is 11.8 Å². The highest BCUT2D eigenvalue weighted by molar-refractivity contribution is 8.00. The van der Waals surface area contributed by atoms with Crippen LogP contribution < -0.4 is 0 Å². The number of hydrogen-bond donors (Lipinski definition) is 1. The van der Waals surface area contributed by atoms with Gasteiger partial charge in [-0.25, -0.2) is 0 Å². The van der Waals surface area contributed by atoms with Crippen LogP contribution in [0.25, 0.3) is 0 Å². The second-order valence-electron chi connectivity index (χ2n) is 4.73. The van der Waals surface area contributed by atoms with Crippen LogP contribution in [-0.2, 0) is 0 Å². The molecule has 1 nitrogen and oxygen atoms in total. The number of aliphatic hydroxyl groups is 1. The molecule has 0 aromatic heterocycles. The summed E-state index contributed by atoms with van der Waals surface area (Å²) in [5, 5.41) is 10.8. The molecule has 1 heterocycles. The van der Waals surface area contributed by atoms with Crippen LogP contribution in [0.5, 0.6) is 0 Å². The molecule has 2 rings (SSSR count). The Morgan fingerprint density at radius 2 is 2.07 bits per heavy atom. The number of allylic oxidation sites excluding steroid dienone is 1. The predicted molar refractivity (Wildman–Crippen MR) is 67.3 cm³/mol. The van der Waals surface area contributed by atoms with Crippen molar-refractivity contribution in [2.75, 3.05) is 5.75 Å². The third-order valence-electron chi connectivity index (χ3n) is 3.52. The first kappa shape index (κ1) is 11.5. The van der Waals surface area contributed by atoms with E-state index in [9.17, 15) is 5.11 Å². The SMILES string of the molecule is OC(C1=CCCCCCC1)C1CCCS1. The zero-order valence-corrected chi connectivity index (χ0v) is 10.3. The Hall–Kier alpha value is 0.0500. The van der Waals surface area contributed by atoms with Crippen molar-refractivity contribution in [2.45, 2.75) is 62.7 Å². The predicted octanol–water partition coefficient (Wildman–Crippen LogP) is 3.52. The Labute approximate surface area is 97.3 Å². The van der Waals surface area contributed by atoms with Crippen LogP contribution in [0.1, 0.15) is 51.4 Å². The van der Waals surface area contributed by atoms with Gasteiger partial charge in [0.2, 0.25) is 0 Å². The van der Waals surface area contributed by atoms with E-state index in [0.29, 0.717) is 5.25 Å². The molecule has 1 aliphatic heterocycles. The fourth-order valence-corrected chi connectivity index (χ4v) is 3.90. The summed E-state index contributed by atoms with van der Waals surface area (Å²) in [5.74, 6) is 1.25. The highest BCUT2D eigenvalue weighted by Gasteiger charge is 2.26. The lowest BCUT2D eigenvalue weighted by Gasteiger charge is -2.22. The lowest BCUT2D eigenvalue weighted by Crippen LogP contribution is -2.23. The largest absolute Gasteiger partial charge is 0.388 e. The van der Waals surface area contributed by atoms with Crippen LogP contribution in [0.3, 0.4) is 0 Å². The summed E-state index contributed by atoms with van der Waals surface area (Å²) < 4.78 is 0. The molecular weight excluding hydrogens is 204 g/mol. The van der Waals surface area contributed by atoms with Crippen LogP contribution in [0, 0.1) is 0 Å². The smallest absolute Gasteiger partial charge is 0.0868 e. The maximum absolute atomic E-state index is 10.3. The first-order chi connectivity index (χ1) is 7.38. The molecule has 0 bridgehead atoms. The van der Waals surface area contributed by atoms with Gasteiger partial charge < -0.3 is 5.11 Å². The van der Waals surface area contributed by atoms with Gasteiger partial charge in [-0.2, -0.15) is 11.8 Å². The lowest BCUT2D eigenvalue weighted by molar-refractivity contribution is 0.199. The average molecular weight is 226 g/mol. The molecule has 2 unspecified atom stereocenters. The summed E-state index contributed by atoms with van der Waals surface area (Å²) in [7, 11) is 0. The van der Waals surface area contributed by atoms with Gasteiger partial charge in [-0.05, 0) is 49.9 Å². The molecule has 0 spiro atoms.